The number of para-hydroxylation sites is 1. The summed E-state index contributed by atoms with van der Waals surface area (Å²) in [7, 11) is 2.15. The number of nitrogens with one attached hydrogen (secondary N) is 1. The van der Waals surface area contributed by atoms with E-state index in [9.17, 15) is 0 Å². The molecule has 0 bridgehead atoms. The summed E-state index contributed by atoms with van der Waals surface area (Å²) in [5.41, 5.74) is 1.20. The molecule has 0 amide bonds. The Bertz CT molecular complexity index is 301. The van der Waals surface area contributed by atoms with E-state index >= 15 is 0 Å². The van der Waals surface area contributed by atoms with Crippen molar-refractivity contribution in [3.63, 3.8) is 0 Å². The molecule has 1 N–H and O–H groups in total. The van der Waals surface area contributed by atoms with Crippen LogP contribution in [0.2, 0.25) is 0 Å². The van der Waals surface area contributed by atoms with Gasteiger partial charge in [0.1, 0.15) is 0 Å². The summed E-state index contributed by atoms with van der Waals surface area (Å²) < 4.78 is 5.53. The molecule has 0 saturated heterocycles. The van der Waals surface area contributed by atoms with E-state index < -0.39 is 0 Å². The predicted octanol–water partition coefficient (Wildman–Crippen LogP) is 2.85. The number of anilines is 1. The largest absolute Gasteiger partial charge is 0.385 e. The Morgan fingerprint density at radius 2 is 1.89 bits per heavy atom. The second kappa shape index (κ2) is 8.95. The molecule has 0 saturated carbocycles. The molecule has 1 aromatic rings. The zero-order valence-corrected chi connectivity index (χ0v) is 11.9. The molecular formula is C15H26N2O. The normalized spacial score (nSPS) is 11.2. The van der Waals surface area contributed by atoms with Crippen molar-refractivity contribution in [2.24, 2.45) is 0 Å². The van der Waals surface area contributed by atoms with Crippen molar-refractivity contribution in [2.75, 3.05) is 38.6 Å². The molecular weight excluding hydrogens is 224 g/mol. The highest BCUT2D eigenvalue weighted by molar-refractivity contribution is 5.42. The Balaban J connectivity index is 2.00. The molecule has 0 aromatic heterocycles. The molecule has 0 aliphatic carbocycles. The highest BCUT2D eigenvalue weighted by Gasteiger charge is 1.99. The average molecular weight is 250 g/mol. The topological polar surface area (TPSA) is 24.5 Å². The highest BCUT2D eigenvalue weighted by atomic mass is 16.5. The van der Waals surface area contributed by atoms with Gasteiger partial charge in [0.15, 0.2) is 0 Å². The van der Waals surface area contributed by atoms with Crippen LogP contribution < -0.4 is 5.32 Å². The fraction of sp³-hybridized carbons (Fsp3) is 0.600. The van der Waals surface area contributed by atoms with Crippen molar-refractivity contribution < 1.29 is 4.74 Å². The van der Waals surface area contributed by atoms with Gasteiger partial charge in [-0.3, -0.25) is 0 Å². The van der Waals surface area contributed by atoms with E-state index in [2.05, 4.69) is 55.4 Å². The van der Waals surface area contributed by atoms with E-state index in [0.29, 0.717) is 6.10 Å². The van der Waals surface area contributed by atoms with Gasteiger partial charge in [-0.1, -0.05) is 18.2 Å². The van der Waals surface area contributed by atoms with Crippen molar-refractivity contribution in [3.8, 4) is 0 Å². The van der Waals surface area contributed by atoms with Gasteiger partial charge < -0.3 is 15.0 Å². The number of hydrogen-bond donors (Lipinski definition) is 1. The van der Waals surface area contributed by atoms with Crippen LogP contribution in [-0.4, -0.2) is 44.3 Å². The molecule has 0 unspecified atom stereocenters. The zero-order valence-electron chi connectivity index (χ0n) is 11.9. The molecule has 3 nitrogen and oxygen atoms in total. The minimum Gasteiger partial charge on any atom is -0.385 e. The van der Waals surface area contributed by atoms with Gasteiger partial charge in [-0.25, -0.2) is 0 Å². The minimum atomic E-state index is 0.332. The molecule has 0 aliphatic rings. The van der Waals surface area contributed by atoms with E-state index in [-0.39, 0.29) is 0 Å². The predicted molar refractivity (Wildman–Crippen MR) is 78.1 cm³/mol. The smallest absolute Gasteiger partial charge is 0.0596 e. The van der Waals surface area contributed by atoms with Crippen LogP contribution in [0, 0.1) is 0 Å². The quantitative estimate of drug-likeness (QED) is 0.682. The van der Waals surface area contributed by atoms with Crippen LogP contribution in [-0.2, 0) is 4.74 Å². The van der Waals surface area contributed by atoms with Gasteiger partial charge in [0, 0.05) is 18.8 Å². The molecule has 0 heterocycles. The molecule has 0 radical (unpaired) electrons. The molecule has 0 fully saturated rings. The van der Waals surface area contributed by atoms with Gasteiger partial charge in [-0.15, -0.1) is 0 Å². The van der Waals surface area contributed by atoms with Crippen LogP contribution >= 0.6 is 0 Å². The summed E-state index contributed by atoms with van der Waals surface area (Å²) in [6, 6.07) is 10.3. The summed E-state index contributed by atoms with van der Waals surface area (Å²) in [6.45, 7) is 8.08. The average Bonchev–Trinajstić information content (AvgIpc) is 2.35. The second-order valence-electron chi connectivity index (χ2n) is 4.87. The van der Waals surface area contributed by atoms with Gasteiger partial charge in [-0.05, 0) is 46.0 Å². The maximum atomic E-state index is 5.53. The summed E-state index contributed by atoms with van der Waals surface area (Å²) in [5.74, 6) is 0. The summed E-state index contributed by atoms with van der Waals surface area (Å²) in [5, 5.41) is 3.42. The van der Waals surface area contributed by atoms with Crippen molar-refractivity contribution >= 4 is 5.69 Å². The van der Waals surface area contributed by atoms with Crippen LogP contribution in [0.25, 0.3) is 0 Å². The molecule has 0 aliphatic heterocycles. The Morgan fingerprint density at radius 3 is 2.56 bits per heavy atom. The summed E-state index contributed by atoms with van der Waals surface area (Å²) in [4.78, 5) is 2.31. The lowest BCUT2D eigenvalue weighted by atomic mass is 10.3. The maximum Gasteiger partial charge on any atom is 0.0596 e. The first-order valence-electron chi connectivity index (χ1n) is 6.77. The third kappa shape index (κ3) is 7.30. The van der Waals surface area contributed by atoms with Gasteiger partial charge >= 0.3 is 0 Å². The SMILES string of the molecule is CC(C)OCCN(C)CCCNc1ccccc1. The molecule has 1 rings (SSSR count). The van der Waals surface area contributed by atoms with Crippen LogP contribution in [0.3, 0.4) is 0 Å². The Kier molecular flexibility index (Phi) is 7.46. The first-order valence-corrected chi connectivity index (χ1v) is 6.77. The number of hydrogen-bond acceptors (Lipinski definition) is 3. The van der Waals surface area contributed by atoms with E-state index in [1.165, 1.54) is 5.69 Å². The van der Waals surface area contributed by atoms with Crippen molar-refractivity contribution in [1.29, 1.82) is 0 Å². The maximum absolute atomic E-state index is 5.53. The number of rotatable bonds is 9. The Hall–Kier alpha value is -1.06. The number of likely N-dealkylation sites (N-methyl/N-ethyl adjacent to an activating group) is 1. The van der Waals surface area contributed by atoms with E-state index in [4.69, 9.17) is 4.74 Å². The lowest BCUT2D eigenvalue weighted by molar-refractivity contribution is 0.0638. The lowest BCUT2D eigenvalue weighted by Crippen LogP contribution is -2.26. The number of ether oxygens (including phenoxy) is 1. The standard InChI is InChI=1S/C15H26N2O/c1-14(2)18-13-12-17(3)11-7-10-16-15-8-5-4-6-9-15/h4-6,8-9,14,16H,7,10-13H2,1-3H3. The van der Waals surface area contributed by atoms with Crippen molar-refractivity contribution in [3.05, 3.63) is 30.3 Å². The van der Waals surface area contributed by atoms with E-state index in [0.717, 1.165) is 32.7 Å². The van der Waals surface area contributed by atoms with Crippen molar-refractivity contribution in [1.82, 2.24) is 4.90 Å². The van der Waals surface area contributed by atoms with Crippen LogP contribution in [0.4, 0.5) is 5.69 Å². The third-order valence-corrected chi connectivity index (χ3v) is 2.74. The third-order valence-electron chi connectivity index (χ3n) is 2.74. The van der Waals surface area contributed by atoms with Gasteiger partial charge in [-0.2, -0.15) is 0 Å². The fourth-order valence-electron chi connectivity index (χ4n) is 1.69. The highest BCUT2D eigenvalue weighted by Crippen LogP contribution is 2.04. The molecule has 1 aromatic carbocycles. The van der Waals surface area contributed by atoms with Crippen LogP contribution in [0.1, 0.15) is 20.3 Å². The van der Waals surface area contributed by atoms with Crippen LogP contribution in [0.5, 0.6) is 0 Å². The van der Waals surface area contributed by atoms with E-state index in [1.54, 1.807) is 0 Å². The number of nitrogens with zero attached hydrogens (tertiary/aromatic N) is 1. The zero-order chi connectivity index (χ0) is 13.2. The van der Waals surface area contributed by atoms with E-state index in [1.807, 2.05) is 6.07 Å². The molecule has 0 spiro atoms. The molecule has 18 heavy (non-hydrogen) atoms. The molecule has 3 heteroatoms. The van der Waals surface area contributed by atoms with Crippen LogP contribution in [0.15, 0.2) is 30.3 Å². The second-order valence-corrected chi connectivity index (χ2v) is 4.87. The monoisotopic (exact) mass is 250 g/mol. The Labute approximate surface area is 111 Å². The number of benzene rings is 1. The van der Waals surface area contributed by atoms with Gasteiger partial charge in [0.05, 0.1) is 12.7 Å². The first-order chi connectivity index (χ1) is 8.68. The van der Waals surface area contributed by atoms with Gasteiger partial charge in [0.25, 0.3) is 0 Å². The Morgan fingerprint density at radius 1 is 1.17 bits per heavy atom. The fourth-order valence-corrected chi connectivity index (χ4v) is 1.69. The molecule has 0 atom stereocenters. The first kappa shape index (κ1) is 15.0. The summed E-state index contributed by atoms with van der Waals surface area (Å²) >= 11 is 0. The lowest BCUT2D eigenvalue weighted by Gasteiger charge is -2.17. The van der Waals surface area contributed by atoms with Gasteiger partial charge in [0.2, 0.25) is 0 Å². The minimum absolute atomic E-state index is 0.332. The molecule has 102 valence electrons. The summed E-state index contributed by atoms with van der Waals surface area (Å²) in [6.07, 6.45) is 1.48. The van der Waals surface area contributed by atoms with Crippen molar-refractivity contribution in [2.45, 2.75) is 26.4 Å².